The lowest BCUT2D eigenvalue weighted by Gasteiger charge is -2.12. The first-order valence-electron chi connectivity index (χ1n) is 8.57. The topological polar surface area (TPSA) is 122 Å². The lowest BCUT2D eigenvalue weighted by molar-refractivity contribution is -0.178. The zero-order chi connectivity index (χ0) is 21.3. The van der Waals surface area contributed by atoms with Gasteiger partial charge in [-0.2, -0.15) is 0 Å². The molecule has 1 aliphatic heterocycles. The summed E-state index contributed by atoms with van der Waals surface area (Å²) in [5.41, 5.74) is 1.71. The van der Waals surface area contributed by atoms with Crippen molar-refractivity contribution >= 4 is 8.25 Å². The molecule has 0 saturated carbocycles. The van der Waals surface area contributed by atoms with Crippen molar-refractivity contribution in [3.8, 4) is 56.9 Å². The second-order valence-corrected chi connectivity index (χ2v) is 6.64. The van der Waals surface area contributed by atoms with Crippen LogP contribution >= 0.6 is 8.25 Å². The van der Waals surface area contributed by atoms with Crippen LogP contribution in [0, 0.1) is 0 Å². The van der Waals surface area contributed by atoms with Gasteiger partial charge in [0, 0.05) is 11.1 Å². The molecule has 156 valence electrons. The molecule has 2 aromatic carbocycles. The highest BCUT2D eigenvalue weighted by molar-refractivity contribution is 7.31. The fourth-order valence-corrected chi connectivity index (χ4v) is 3.44. The van der Waals surface area contributed by atoms with Crippen molar-refractivity contribution in [1.82, 2.24) is 5.16 Å². The first-order chi connectivity index (χ1) is 14.5. The lowest BCUT2D eigenvalue weighted by Crippen LogP contribution is -1.98. The normalized spacial score (nSPS) is 12.5. The van der Waals surface area contributed by atoms with Gasteiger partial charge in [-0.25, -0.2) is 0 Å². The molecule has 0 radical (unpaired) electrons. The molecule has 0 saturated heterocycles. The molecule has 3 aromatic rings. The van der Waals surface area contributed by atoms with Crippen LogP contribution in [0.2, 0.25) is 0 Å². The molecule has 1 aliphatic rings. The molecular weight excluding hydrogens is 417 g/mol. The molecule has 1 atom stereocenters. The van der Waals surface area contributed by atoms with Gasteiger partial charge in [0.15, 0.2) is 23.0 Å². The number of ether oxygens (including phenoxy) is 5. The Morgan fingerprint density at radius 3 is 2.40 bits per heavy atom. The van der Waals surface area contributed by atoms with Crippen molar-refractivity contribution < 1.29 is 42.2 Å². The maximum absolute atomic E-state index is 11.1. The van der Waals surface area contributed by atoms with Crippen molar-refractivity contribution in [2.45, 2.75) is 0 Å². The summed E-state index contributed by atoms with van der Waals surface area (Å²) in [6, 6.07) is 6.61. The number of hydrogen-bond donors (Lipinski definition) is 0. The zero-order valence-electron chi connectivity index (χ0n) is 16.2. The average molecular weight is 433 g/mol. The summed E-state index contributed by atoms with van der Waals surface area (Å²) in [5.74, 6) is 2.27. The summed E-state index contributed by atoms with van der Waals surface area (Å²) < 4.78 is 48.4. The fourth-order valence-electron chi connectivity index (χ4n) is 3.15. The van der Waals surface area contributed by atoms with E-state index in [0.717, 1.165) is 0 Å². The Balaban J connectivity index is 1.85. The van der Waals surface area contributed by atoms with E-state index in [1.165, 1.54) is 33.6 Å². The molecule has 0 aliphatic carbocycles. The summed E-state index contributed by atoms with van der Waals surface area (Å²) in [6.45, 7) is 0.0855. The summed E-state index contributed by atoms with van der Waals surface area (Å²) in [4.78, 5) is 11.1. The highest BCUT2D eigenvalue weighted by Crippen LogP contribution is 2.48. The van der Waals surface area contributed by atoms with Gasteiger partial charge in [0.2, 0.25) is 24.0 Å². The summed E-state index contributed by atoms with van der Waals surface area (Å²) >= 11 is 0. The van der Waals surface area contributed by atoms with Crippen molar-refractivity contribution in [3.63, 3.8) is 0 Å². The molecule has 1 unspecified atom stereocenters. The van der Waals surface area contributed by atoms with Crippen molar-refractivity contribution in [2.75, 3.05) is 28.1 Å². The van der Waals surface area contributed by atoms with Crippen LogP contribution < -0.4 is 33.1 Å². The largest absolute Gasteiger partial charge is 0.558 e. The standard InChI is InChI=1S/C19H16NO9P/c1-23-13-4-10(5-16(18(13)25-3)29-30(21)22)12-8-20-28-17(12)11-6-14(24-2)19-15(7-11)26-9-27-19/h4-8H,9H2,1-3H3. The van der Waals surface area contributed by atoms with Gasteiger partial charge in [0.1, 0.15) is 0 Å². The van der Waals surface area contributed by atoms with Gasteiger partial charge in [-0.1, -0.05) is 5.16 Å². The Labute approximate surface area is 171 Å². The van der Waals surface area contributed by atoms with Gasteiger partial charge in [-0.05, 0) is 34.4 Å². The number of rotatable bonds is 7. The van der Waals surface area contributed by atoms with Crippen LogP contribution in [0.15, 0.2) is 35.0 Å². The molecule has 0 fully saturated rings. The number of fused-ring (bicyclic) bond motifs is 1. The molecule has 10 nitrogen and oxygen atoms in total. The van der Waals surface area contributed by atoms with Crippen LogP contribution in [0.3, 0.4) is 0 Å². The molecular formula is C19H16NO9P. The highest BCUT2D eigenvalue weighted by Gasteiger charge is 2.25. The average Bonchev–Trinajstić information content (AvgIpc) is 3.41. The van der Waals surface area contributed by atoms with E-state index in [9.17, 15) is 9.46 Å². The van der Waals surface area contributed by atoms with Crippen LogP contribution in [0.1, 0.15) is 0 Å². The molecule has 2 heterocycles. The smallest absolute Gasteiger partial charge is 0.539 e. The van der Waals surface area contributed by atoms with Gasteiger partial charge in [-0.3, -0.25) is 4.52 Å². The quantitative estimate of drug-likeness (QED) is 0.514. The van der Waals surface area contributed by atoms with Crippen LogP contribution in [0.5, 0.6) is 34.5 Å². The van der Waals surface area contributed by atoms with E-state index >= 15 is 0 Å². The summed E-state index contributed by atoms with van der Waals surface area (Å²) in [5, 5.41) is 3.89. The van der Waals surface area contributed by atoms with Crippen molar-refractivity contribution in [1.29, 1.82) is 0 Å². The van der Waals surface area contributed by atoms with Crippen LogP contribution in [-0.2, 0) is 4.57 Å². The minimum atomic E-state index is -3.17. The van der Waals surface area contributed by atoms with E-state index in [1.807, 2.05) is 0 Å². The molecule has 0 amide bonds. The van der Waals surface area contributed by atoms with E-state index in [2.05, 4.69) is 5.16 Å². The van der Waals surface area contributed by atoms with Crippen LogP contribution in [0.4, 0.5) is 0 Å². The number of methoxy groups -OCH3 is 3. The molecule has 11 heteroatoms. The van der Waals surface area contributed by atoms with Crippen molar-refractivity contribution in [3.05, 3.63) is 30.5 Å². The maximum Gasteiger partial charge on any atom is 0.539 e. The minimum absolute atomic E-state index is 0.0293. The van der Waals surface area contributed by atoms with Crippen LogP contribution in [0.25, 0.3) is 22.5 Å². The molecule has 4 rings (SSSR count). The lowest BCUT2D eigenvalue weighted by atomic mass is 10.0. The maximum atomic E-state index is 11.1. The van der Waals surface area contributed by atoms with E-state index in [4.69, 9.17) is 32.7 Å². The van der Waals surface area contributed by atoms with E-state index in [0.29, 0.717) is 39.7 Å². The van der Waals surface area contributed by atoms with Gasteiger partial charge in [0.05, 0.1) is 27.5 Å². The van der Waals surface area contributed by atoms with Gasteiger partial charge >= 0.3 is 8.25 Å². The zero-order valence-corrected chi connectivity index (χ0v) is 17.1. The SMILES string of the molecule is COc1cc(-c2cnoc2-c2cc(OC)c3c(c2)OCO3)cc(O[P+](=O)[O-])c1OC. The number of nitrogens with zero attached hydrogens (tertiary/aromatic N) is 1. The third kappa shape index (κ3) is 3.47. The molecule has 0 N–H and O–H groups in total. The van der Waals surface area contributed by atoms with Gasteiger partial charge < -0.3 is 33.1 Å². The molecule has 30 heavy (non-hydrogen) atoms. The molecule has 0 spiro atoms. The Morgan fingerprint density at radius 2 is 1.70 bits per heavy atom. The van der Waals surface area contributed by atoms with Gasteiger partial charge in [0.25, 0.3) is 0 Å². The van der Waals surface area contributed by atoms with Gasteiger partial charge in [-0.15, -0.1) is 0 Å². The number of benzene rings is 2. The Kier molecular flexibility index (Phi) is 5.35. The summed E-state index contributed by atoms with van der Waals surface area (Å²) in [6.07, 6.45) is 1.49. The molecule has 1 aromatic heterocycles. The first-order valence-corrected chi connectivity index (χ1v) is 9.66. The predicted molar refractivity (Wildman–Crippen MR) is 101 cm³/mol. The Bertz CT molecular complexity index is 1110. The van der Waals surface area contributed by atoms with E-state index in [1.54, 1.807) is 18.2 Å². The Morgan fingerprint density at radius 1 is 0.967 bits per heavy atom. The minimum Gasteiger partial charge on any atom is -0.558 e. The number of hydrogen-bond acceptors (Lipinski definition) is 10. The highest BCUT2D eigenvalue weighted by atomic mass is 31.1. The second kappa shape index (κ2) is 8.10. The van der Waals surface area contributed by atoms with E-state index in [-0.39, 0.29) is 24.0 Å². The fraction of sp³-hybridized carbons (Fsp3) is 0.211. The van der Waals surface area contributed by atoms with Crippen molar-refractivity contribution in [2.24, 2.45) is 0 Å². The van der Waals surface area contributed by atoms with Crippen LogP contribution in [-0.4, -0.2) is 33.3 Å². The third-order valence-corrected chi connectivity index (χ3v) is 4.77. The molecule has 0 bridgehead atoms. The predicted octanol–water partition coefficient (Wildman–Crippen LogP) is 3.16. The second-order valence-electron chi connectivity index (χ2n) is 6.01. The van der Waals surface area contributed by atoms with E-state index < -0.39 is 8.25 Å². The number of aromatic nitrogens is 1. The first kappa shape index (κ1) is 19.8. The Hall–Kier alpha value is -3.49. The third-order valence-electron chi connectivity index (χ3n) is 4.42. The monoisotopic (exact) mass is 433 g/mol. The summed E-state index contributed by atoms with van der Waals surface area (Å²) in [7, 11) is 1.16.